The Kier molecular flexibility index (Phi) is 10.2. The first kappa shape index (κ1) is 36.4. The van der Waals surface area contributed by atoms with E-state index in [4.69, 9.17) is 19.6 Å². The summed E-state index contributed by atoms with van der Waals surface area (Å²) in [5.41, 5.74) is 15.3. The van der Waals surface area contributed by atoms with Crippen molar-refractivity contribution in [2.75, 3.05) is 0 Å². The Bertz CT molecular complexity index is 2410. The number of hydrogen-bond acceptors (Lipinski definition) is 5. The molecule has 7 aromatic rings. The van der Waals surface area contributed by atoms with E-state index < -0.39 is 0 Å². The highest BCUT2D eigenvalue weighted by Crippen LogP contribution is 2.41. The zero-order valence-corrected chi connectivity index (χ0v) is 32.7. The van der Waals surface area contributed by atoms with Gasteiger partial charge in [0.25, 0.3) is 0 Å². The number of aromatic nitrogens is 4. The Morgan fingerprint density at radius 3 is 1.87 bits per heavy atom. The molecule has 6 nitrogen and oxygen atoms in total. The average molecular weight is 713 g/mol. The van der Waals surface area contributed by atoms with Crippen molar-refractivity contribution >= 4 is 0 Å². The SMILES string of the molecule is Cc1cc(Oc2cccc(Oc3cc(-c4c(C(C)C)cc(-c5ccccc5)cc4C(C)C)ccn3)c2)cc(-c2ncn(-c3c(C)c(C)cc(C)c3C)n2)c1. The van der Waals surface area contributed by atoms with E-state index in [0.717, 1.165) is 22.4 Å². The normalized spacial score (nSPS) is 11.4. The van der Waals surface area contributed by atoms with Crippen molar-refractivity contribution in [2.45, 2.75) is 74.1 Å². The molecular weight excluding hydrogens is 665 g/mol. The molecule has 0 spiro atoms. The van der Waals surface area contributed by atoms with E-state index in [1.165, 1.54) is 50.1 Å². The Morgan fingerprint density at radius 1 is 0.537 bits per heavy atom. The van der Waals surface area contributed by atoms with Crippen LogP contribution in [-0.4, -0.2) is 19.7 Å². The van der Waals surface area contributed by atoms with Gasteiger partial charge in [-0.25, -0.2) is 14.6 Å². The molecule has 0 aliphatic carbocycles. The van der Waals surface area contributed by atoms with Gasteiger partial charge in [0.2, 0.25) is 5.88 Å². The molecular formula is C48H48N4O2. The fraction of sp³-hybridized carbons (Fsp3) is 0.229. The lowest BCUT2D eigenvalue weighted by Gasteiger charge is -2.22. The van der Waals surface area contributed by atoms with Gasteiger partial charge in [-0.3, -0.25) is 0 Å². The third-order valence-corrected chi connectivity index (χ3v) is 10.2. The van der Waals surface area contributed by atoms with Crippen molar-refractivity contribution in [3.63, 3.8) is 0 Å². The van der Waals surface area contributed by atoms with Crippen LogP contribution in [0.1, 0.15) is 78.5 Å². The Morgan fingerprint density at radius 2 is 1.20 bits per heavy atom. The summed E-state index contributed by atoms with van der Waals surface area (Å²) in [6, 6.07) is 35.4. The molecule has 2 aromatic heterocycles. The van der Waals surface area contributed by atoms with E-state index in [-0.39, 0.29) is 0 Å². The topological polar surface area (TPSA) is 62.1 Å². The molecule has 7 rings (SSSR count). The summed E-state index contributed by atoms with van der Waals surface area (Å²) >= 11 is 0. The molecule has 0 saturated carbocycles. The summed E-state index contributed by atoms with van der Waals surface area (Å²) in [5, 5.41) is 4.90. The molecule has 0 fully saturated rings. The summed E-state index contributed by atoms with van der Waals surface area (Å²) in [5.74, 6) is 3.80. The molecule has 54 heavy (non-hydrogen) atoms. The smallest absolute Gasteiger partial charge is 0.219 e. The fourth-order valence-corrected chi connectivity index (χ4v) is 7.19. The Labute approximate surface area is 319 Å². The standard InChI is InChI=1S/C48H48N4O2/c1-29(2)43-24-38(36-14-11-10-12-15-36)25-44(30(3)4)46(43)37-18-19-49-45(26-37)54-41-17-13-16-40(27-41)53-42-21-31(5)20-39(23-42)48-50-28-52(51-48)47-34(8)32(6)22-33(7)35(47)9/h10-30H,1-9H3. The van der Waals surface area contributed by atoms with Crippen LogP contribution < -0.4 is 9.47 Å². The first-order valence-corrected chi connectivity index (χ1v) is 18.7. The zero-order valence-electron chi connectivity index (χ0n) is 32.7. The van der Waals surface area contributed by atoms with Gasteiger partial charge in [-0.15, -0.1) is 5.10 Å². The number of pyridine rings is 1. The second-order valence-electron chi connectivity index (χ2n) is 14.9. The molecule has 0 amide bonds. The van der Waals surface area contributed by atoms with E-state index in [1.807, 2.05) is 60.3 Å². The van der Waals surface area contributed by atoms with Gasteiger partial charge in [0.15, 0.2) is 5.82 Å². The monoisotopic (exact) mass is 712 g/mol. The molecule has 0 bridgehead atoms. The Hall–Kier alpha value is -6.01. The quantitative estimate of drug-likeness (QED) is 0.141. The molecule has 5 aromatic carbocycles. The van der Waals surface area contributed by atoms with Crippen LogP contribution in [0.2, 0.25) is 0 Å². The molecule has 0 saturated heterocycles. The summed E-state index contributed by atoms with van der Waals surface area (Å²) in [6.07, 6.45) is 3.62. The van der Waals surface area contributed by atoms with E-state index in [1.54, 1.807) is 6.33 Å². The second-order valence-corrected chi connectivity index (χ2v) is 14.9. The number of aryl methyl sites for hydroxylation is 3. The van der Waals surface area contributed by atoms with Crippen LogP contribution in [0, 0.1) is 34.6 Å². The predicted octanol–water partition coefficient (Wildman–Crippen LogP) is 13.0. The molecule has 0 atom stereocenters. The molecule has 2 heterocycles. The van der Waals surface area contributed by atoms with E-state index in [0.29, 0.717) is 40.8 Å². The predicted molar refractivity (Wildman–Crippen MR) is 220 cm³/mol. The summed E-state index contributed by atoms with van der Waals surface area (Å²) in [6.45, 7) is 19.6. The lowest BCUT2D eigenvalue weighted by Crippen LogP contribution is -2.04. The third-order valence-electron chi connectivity index (χ3n) is 10.2. The first-order chi connectivity index (χ1) is 25.9. The van der Waals surface area contributed by atoms with Crippen molar-refractivity contribution in [3.05, 3.63) is 155 Å². The second kappa shape index (κ2) is 15.2. The van der Waals surface area contributed by atoms with Crippen molar-refractivity contribution < 1.29 is 9.47 Å². The number of benzene rings is 5. The maximum atomic E-state index is 6.42. The van der Waals surface area contributed by atoms with Crippen LogP contribution >= 0.6 is 0 Å². The van der Waals surface area contributed by atoms with E-state index in [9.17, 15) is 0 Å². The highest BCUT2D eigenvalue weighted by molar-refractivity contribution is 5.78. The molecule has 0 unspecified atom stereocenters. The van der Waals surface area contributed by atoms with Crippen LogP contribution in [0.5, 0.6) is 23.1 Å². The van der Waals surface area contributed by atoms with E-state index in [2.05, 4.69) is 121 Å². The van der Waals surface area contributed by atoms with Crippen LogP contribution in [0.25, 0.3) is 39.3 Å². The minimum atomic E-state index is 0.326. The zero-order chi connectivity index (χ0) is 38.1. The highest BCUT2D eigenvalue weighted by Gasteiger charge is 2.20. The fourth-order valence-electron chi connectivity index (χ4n) is 7.19. The summed E-state index contributed by atoms with van der Waals surface area (Å²) < 4.78 is 14.7. The maximum Gasteiger partial charge on any atom is 0.219 e. The number of hydrogen-bond donors (Lipinski definition) is 0. The number of nitrogens with zero attached hydrogens (tertiary/aromatic N) is 4. The van der Waals surface area contributed by atoms with Crippen molar-refractivity contribution in [2.24, 2.45) is 0 Å². The third kappa shape index (κ3) is 7.56. The van der Waals surface area contributed by atoms with Gasteiger partial charge in [0.05, 0.1) is 5.69 Å². The van der Waals surface area contributed by atoms with Gasteiger partial charge in [-0.05, 0) is 144 Å². The number of rotatable bonds is 10. The van der Waals surface area contributed by atoms with Crippen LogP contribution in [0.3, 0.4) is 0 Å². The lowest BCUT2D eigenvalue weighted by molar-refractivity contribution is 0.449. The van der Waals surface area contributed by atoms with Gasteiger partial charge in [0, 0.05) is 23.9 Å². The molecule has 0 aliphatic heterocycles. The molecule has 0 aliphatic rings. The lowest BCUT2D eigenvalue weighted by atomic mass is 9.82. The molecule has 0 radical (unpaired) electrons. The van der Waals surface area contributed by atoms with Gasteiger partial charge in [0.1, 0.15) is 23.6 Å². The van der Waals surface area contributed by atoms with Crippen LogP contribution in [-0.2, 0) is 0 Å². The van der Waals surface area contributed by atoms with E-state index >= 15 is 0 Å². The van der Waals surface area contributed by atoms with Gasteiger partial charge < -0.3 is 9.47 Å². The van der Waals surface area contributed by atoms with Crippen LogP contribution in [0.15, 0.2) is 116 Å². The molecule has 6 heteroatoms. The van der Waals surface area contributed by atoms with Crippen molar-refractivity contribution in [3.8, 4) is 62.5 Å². The largest absolute Gasteiger partial charge is 0.457 e. The minimum absolute atomic E-state index is 0.326. The highest BCUT2D eigenvalue weighted by atomic mass is 16.5. The molecule has 272 valence electrons. The van der Waals surface area contributed by atoms with Gasteiger partial charge >= 0.3 is 0 Å². The molecule has 0 N–H and O–H groups in total. The Balaban J connectivity index is 1.15. The first-order valence-electron chi connectivity index (χ1n) is 18.7. The van der Waals surface area contributed by atoms with Gasteiger partial charge in [-0.2, -0.15) is 0 Å². The van der Waals surface area contributed by atoms with Crippen molar-refractivity contribution in [1.29, 1.82) is 0 Å². The van der Waals surface area contributed by atoms with Crippen molar-refractivity contribution in [1.82, 2.24) is 19.7 Å². The number of ether oxygens (including phenoxy) is 2. The van der Waals surface area contributed by atoms with Gasteiger partial charge in [-0.1, -0.05) is 82.3 Å². The minimum Gasteiger partial charge on any atom is -0.457 e. The maximum absolute atomic E-state index is 6.42. The van der Waals surface area contributed by atoms with Crippen LogP contribution in [0.4, 0.5) is 0 Å². The average Bonchev–Trinajstić information content (AvgIpc) is 3.64. The summed E-state index contributed by atoms with van der Waals surface area (Å²) in [7, 11) is 0. The summed E-state index contributed by atoms with van der Waals surface area (Å²) in [4.78, 5) is 9.31.